The maximum Gasteiger partial charge on any atom is 0.220 e. The van der Waals surface area contributed by atoms with E-state index >= 15 is 0 Å². The lowest BCUT2D eigenvalue weighted by Gasteiger charge is -2.36. The van der Waals surface area contributed by atoms with Crippen molar-refractivity contribution in [3.8, 4) is 11.3 Å². The van der Waals surface area contributed by atoms with Crippen LogP contribution in [0.5, 0.6) is 0 Å². The zero-order valence-electron chi connectivity index (χ0n) is 13.1. The minimum atomic E-state index is -0.453. The molecule has 1 fully saturated rings. The molecule has 0 spiro atoms. The van der Waals surface area contributed by atoms with Crippen LogP contribution in [0, 0.1) is 0 Å². The second-order valence-corrected chi connectivity index (χ2v) is 6.02. The Morgan fingerprint density at radius 1 is 1.25 bits per heavy atom. The van der Waals surface area contributed by atoms with E-state index in [-0.39, 0.29) is 12.0 Å². The summed E-state index contributed by atoms with van der Waals surface area (Å²) in [5.41, 5.74) is 15.2. The third-order valence-electron chi connectivity index (χ3n) is 4.46. The first-order valence-electron chi connectivity index (χ1n) is 7.87. The number of aromatic nitrogens is 4. The second-order valence-electron chi connectivity index (χ2n) is 6.02. The minimum absolute atomic E-state index is 0.232. The largest absolute Gasteiger partial charge is 0.391 e. The maximum absolute atomic E-state index is 9.88. The Labute approximate surface area is 138 Å². The highest BCUT2D eigenvalue weighted by Gasteiger charge is 2.26. The Morgan fingerprint density at radius 3 is 2.88 bits per heavy atom. The number of anilines is 2. The number of aromatic amines is 1. The molecule has 0 aliphatic carbocycles. The molecule has 1 saturated heterocycles. The number of pyridine rings is 1. The lowest BCUT2D eigenvalue weighted by atomic mass is 10.0. The molecule has 0 bridgehead atoms. The number of nitrogen functional groups attached to an aromatic ring is 1. The summed E-state index contributed by atoms with van der Waals surface area (Å²) in [6.45, 7) is 1.33. The third-order valence-corrected chi connectivity index (χ3v) is 4.46. The summed E-state index contributed by atoms with van der Waals surface area (Å²) >= 11 is 0. The second kappa shape index (κ2) is 5.73. The van der Waals surface area contributed by atoms with Crippen LogP contribution in [0.3, 0.4) is 0 Å². The van der Waals surface area contributed by atoms with Gasteiger partial charge < -0.3 is 26.5 Å². The van der Waals surface area contributed by atoms with E-state index in [4.69, 9.17) is 11.5 Å². The number of piperidine rings is 1. The number of hydrogen-bond acceptors (Lipinski definition) is 7. The predicted molar refractivity (Wildman–Crippen MR) is 92.3 cm³/mol. The quantitative estimate of drug-likeness (QED) is 0.540. The van der Waals surface area contributed by atoms with Gasteiger partial charge in [-0.25, -0.2) is 15.0 Å². The van der Waals surface area contributed by atoms with Crippen LogP contribution in [0.25, 0.3) is 22.3 Å². The van der Waals surface area contributed by atoms with Gasteiger partial charge in [-0.3, -0.25) is 0 Å². The van der Waals surface area contributed by atoms with Crippen LogP contribution in [0.15, 0.2) is 30.7 Å². The van der Waals surface area contributed by atoms with Crippen LogP contribution in [0.2, 0.25) is 0 Å². The van der Waals surface area contributed by atoms with Gasteiger partial charge in [0.25, 0.3) is 0 Å². The highest BCUT2D eigenvalue weighted by Crippen LogP contribution is 2.35. The zero-order valence-corrected chi connectivity index (χ0v) is 13.1. The number of rotatable bonds is 2. The summed E-state index contributed by atoms with van der Waals surface area (Å²) in [5.74, 6) is 0.232. The molecule has 3 aromatic heterocycles. The smallest absolute Gasteiger partial charge is 0.220 e. The van der Waals surface area contributed by atoms with Gasteiger partial charge in [0.1, 0.15) is 5.65 Å². The van der Waals surface area contributed by atoms with Crippen molar-refractivity contribution < 1.29 is 5.11 Å². The Kier molecular flexibility index (Phi) is 3.55. The van der Waals surface area contributed by atoms with Crippen LogP contribution in [0.4, 0.5) is 11.6 Å². The van der Waals surface area contributed by atoms with E-state index in [0.717, 1.165) is 34.5 Å². The molecule has 1 aliphatic rings. The molecule has 1 aliphatic heterocycles. The lowest BCUT2D eigenvalue weighted by molar-refractivity contribution is 0.125. The number of aliphatic hydroxyl groups is 1. The fourth-order valence-corrected chi connectivity index (χ4v) is 3.22. The summed E-state index contributed by atoms with van der Waals surface area (Å²) in [6, 6.07) is 3.52. The Balaban J connectivity index is 1.83. The standard InChI is InChI=1S/C16H19N7O/c17-10-8-23(6-3-13(10)24)12-2-5-19-15-14(12)9(7-21-15)11-1-4-20-16(18)22-11/h1-2,4-5,7,10,13,24H,3,6,8,17H2,(H,19,21)(H2,18,20,22). The Hall–Kier alpha value is -2.71. The first kappa shape index (κ1) is 14.9. The number of nitrogens with two attached hydrogens (primary N) is 2. The summed E-state index contributed by atoms with van der Waals surface area (Å²) < 4.78 is 0. The van der Waals surface area contributed by atoms with Crippen molar-refractivity contribution in [2.24, 2.45) is 5.73 Å². The molecule has 4 rings (SSSR count). The number of H-pyrrole nitrogens is 1. The number of nitrogens with zero attached hydrogens (tertiary/aromatic N) is 4. The molecule has 0 aromatic carbocycles. The number of fused-ring (bicyclic) bond motifs is 1. The monoisotopic (exact) mass is 325 g/mol. The van der Waals surface area contributed by atoms with Gasteiger partial charge in [0.2, 0.25) is 5.95 Å². The summed E-state index contributed by atoms with van der Waals surface area (Å²) in [6.07, 6.45) is 5.47. The molecule has 0 saturated carbocycles. The molecule has 8 nitrogen and oxygen atoms in total. The highest BCUT2D eigenvalue weighted by molar-refractivity contribution is 6.02. The number of nitrogens with one attached hydrogen (secondary N) is 1. The Bertz CT molecular complexity index is 878. The SMILES string of the molecule is Nc1nccc(-c2c[nH]c3nccc(N4CCC(O)C(N)C4)c23)n1. The fraction of sp³-hybridized carbons (Fsp3) is 0.312. The van der Waals surface area contributed by atoms with E-state index in [0.29, 0.717) is 13.0 Å². The normalized spacial score (nSPS) is 21.3. The van der Waals surface area contributed by atoms with E-state index in [9.17, 15) is 5.11 Å². The van der Waals surface area contributed by atoms with Crippen molar-refractivity contribution in [1.82, 2.24) is 19.9 Å². The molecule has 4 heterocycles. The van der Waals surface area contributed by atoms with Crippen molar-refractivity contribution in [1.29, 1.82) is 0 Å². The van der Waals surface area contributed by atoms with Crippen molar-refractivity contribution >= 4 is 22.7 Å². The summed E-state index contributed by atoms with van der Waals surface area (Å²) in [4.78, 5) is 18.0. The molecule has 6 N–H and O–H groups in total. The third kappa shape index (κ3) is 2.45. The van der Waals surface area contributed by atoms with Gasteiger partial charge in [0.15, 0.2) is 0 Å². The molecule has 2 unspecified atom stereocenters. The zero-order chi connectivity index (χ0) is 16.7. The molecule has 8 heteroatoms. The molecule has 3 aromatic rings. The number of hydrogen-bond donors (Lipinski definition) is 4. The van der Waals surface area contributed by atoms with E-state index in [1.165, 1.54) is 0 Å². The van der Waals surface area contributed by atoms with E-state index in [1.54, 1.807) is 12.4 Å². The van der Waals surface area contributed by atoms with Gasteiger partial charge in [0.05, 0.1) is 22.9 Å². The first-order valence-corrected chi connectivity index (χ1v) is 7.87. The topological polar surface area (TPSA) is 130 Å². The Morgan fingerprint density at radius 2 is 2.08 bits per heavy atom. The van der Waals surface area contributed by atoms with Gasteiger partial charge in [-0.2, -0.15) is 0 Å². The van der Waals surface area contributed by atoms with Crippen molar-refractivity contribution in [3.05, 3.63) is 30.7 Å². The first-order chi connectivity index (χ1) is 11.6. The van der Waals surface area contributed by atoms with Crippen LogP contribution in [0.1, 0.15) is 6.42 Å². The van der Waals surface area contributed by atoms with Gasteiger partial charge >= 0.3 is 0 Å². The van der Waals surface area contributed by atoms with Crippen molar-refractivity contribution in [3.63, 3.8) is 0 Å². The summed E-state index contributed by atoms with van der Waals surface area (Å²) in [5, 5.41) is 10.8. The highest BCUT2D eigenvalue weighted by atomic mass is 16.3. The van der Waals surface area contributed by atoms with E-state index in [2.05, 4.69) is 24.8 Å². The van der Waals surface area contributed by atoms with Gasteiger partial charge in [-0.15, -0.1) is 0 Å². The van der Waals surface area contributed by atoms with E-state index < -0.39 is 6.10 Å². The molecule has 24 heavy (non-hydrogen) atoms. The number of aliphatic hydroxyl groups excluding tert-OH is 1. The van der Waals surface area contributed by atoms with Crippen LogP contribution < -0.4 is 16.4 Å². The van der Waals surface area contributed by atoms with Gasteiger partial charge in [0, 0.05) is 43.3 Å². The molecular formula is C16H19N7O. The van der Waals surface area contributed by atoms with Gasteiger partial charge in [-0.05, 0) is 18.6 Å². The average molecular weight is 325 g/mol. The van der Waals surface area contributed by atoms with Crippen molar-refractivity contribution in [2.75, 3.05) is 23.7 Å². The minimum Gasteiger partial charge on any atom is -0.391 e. The molecule has 124 valence electrons. The predicted octanol–water partition coefficient (Wildman–Crippen LogP) is 0.500. The molecule has 0 radical (unpaired) electrons. The fourth-order valence-electron chi connectivity index (χ4n) is 3.22. The molecular weight excluding hydrogens is 306 g/mol. The van der Waals surface area contributed by atoms with Crippen LogP contribution in [-0.2, 0) is 0 Å². The maximum atomic E-state index is 9.88. The molecule has 2 atom stereocenters. The van der Waals surface area contributed by atoms with E-state index in [1.807, 2.05) is 18.3 Å². The van der Waals surface area contributed by atoms with Crippen LogP contribution in [-0.4, -0.2) is 50.3 Å². The van der Waals surface area contributed by atoms with Crippen molar-refractivity contribution in [2.45, 2.75) is 18.6 Å². The van der Waals surface area contributed by atoms with Crippen LogP contribution >= 0.6 is 0 Å². The van der Waals surface area contributed by atoms with Gasteiger partial charge in [-0.1, -0.05) is 0 Å². The average Bonchev–Trinajstić information content (AvgIpc) is 3.01. The molecule has 0 amide bonds. The lowest BCUT2D eigenvalue weighted by Crippen LogP contribution is -2.51. The summed E-state index contributed by atoms with van der Waals surface area (Å²) in [7, 11) is 0.